The van der Waals surface area contributed by atoms with Crippen molar-refractivity contribution in [1.29, 1.82) is 0 Å². The number of likely N-dealkylation sites (N-methyl/N-ethyl adjacent to an activating group) is 2. The van der Waals surface area contributed by atoms with E-state index in [-0.39, 0.29) is 37.4 Å². The lowest BCUT2D eigenvalue weighted by Crippen LogP contribution is -3.11. The molecule has 3 N–H and O–H groups in total. The molecule has 0 aliphatic heterocycles. The fourth-order valence-electron chi connectivity index (χ4n) is 3.10. The second-order valence-electron chi connectivity index (χ2n) is 7.65. The standard InChI is InChI=1S/C23H30N4O4/c1-16-7-6-8-17(2)23(16)25-21(29)14-27(4)22(30)15-26(3)13-20(28)24-18-9-11-19(31-5)12-10-18/h6-12H,13-15H2,1-5H3,(H,24,28)(H,25,29)/p+1. The summed E-state index contributed by atoms with van der Waals surface area (Å²) in [6.07, 6.45) is 0. The lowest BCUT2D eigenvalue weighted by Gasteiger charge is -2.20. The van der Waals surface area contributed by atoms with Crippen molar-refractivity contribution in [2.24, 2.45) is 0 Å². The van der Waals surface area contributed by atoms with Gasteiger partial charge in [-0.3, -0.25) is 14.4 Å². The van der Waals surface area contributed by atoms with Gasteiger partial charge in [0.05, 0.1) is 20.7 Å². The predicted octanol–water partition coefficient (Wildman–Crippen LogP) is 0.862. The molecule has 0 saturated heterocycles. The third-order valence-corrected chi connectivity index (χ3v) is 4.84. The maximum absolute atomic E-state index is 12.5. The largest absolute Gasteiger partial charge is 0.497 e. The summed E-state index contributed by atoms with van der Waals surface area (Å²) < 4.78 is 5.09. The monoisotopic (exact) mass is 427 g/mol. The van der Waals surface area contributed by atoms with Crippen molar-refractivity contribution < 1.29 is 24.0 Å². The average molecular weight is 428 g/mol. The number of rotatable bonds is 9. The van der Waals surface area contributed by atoms with Crippen molar-refractivity contribution in [3.05, 3.63) is 53.6 Å². The Morgan fingerprint density at radius 2 is 1.55 bits per heavy atom. The Morgan fingerprint density at radius 3 is 2.13 bits per heavy atom. The van der Waals surface area contributed by atoms with E-state index in [4.69, 9.17) is 4.74 Å². The van der Waals surface area contributed by atoms with Gasteiger partial charge in [-0.25, -0.2) is 0 Å². The number of para-hydroxylation sites is 1. The van der Waals surface area contributed by atoms with E-state index < -0.39 is 0 Å². The van der Waals surface area contributed by atoms with Crippen LogP contribution in [0.3, 0.4) is 0 Å². The van der Waals surface area contributed by atoms with Gasteiger partial charge in [-0.1, -0.05) is 18.2 Å². The minimum Gasteiger partial charge on any atom is -0.497 e. The molecule has 3 amide bonds. The fourth-order valence-corrected chi connectivity index (χ4v) is 3.10. The quantitative estimate of drug-likeness (QED) is 0.554. The molecule has 0 saturated carbocycles. The first-order valence-corrected chi connectivity index (χ1v) is 10.0. The molecule has 2 aromatic carbocycles. The van der Waals surface area contributed by atoms with Crippen LogP contribution in [0.5, 0.6) is 5.75 Å². The van der Waals surface area contributed by atoms with E-state index in [1.165, 1.54) is 4.90 Å². The van der Waals surface area contributed by atoms with E-state index in [0.29, 0.717) is 11.4 Å². The summed E-state index contributed by atoms with van der Waals surface area (Å²) in [5, 5.41) is 5.66. The van der Waals surface area contributed by atoms with Crippen LogP contribution in [0.15, 0.2) is 42.5 Å². The van der Waals surface area contributed by atoms with Crippen LogP contribution in [0.2, 0.25) is 0 Å². The Bertz CT molecular complexity index is 907. The van der Waals surface area contributed by atoms with Gasteiger partial charge in [0.15, 0.2) is 13.1 Å². The minimum absolute atomic E-state index is 0.0576. The molecule has 8 heteroatoms. The molecule has 31 heavy (non-hydrogen) atoms. The third-order valence-electron chi connectivity index (χ3n) is 4.84. The molecule has 0 aliphatic carbocycles. The highest BCUT2D eigenvalue weighted by molar-refractivity contribution is 5.96. The van der Waals surface area contributed by atoms with Crippen LogP contribution in [0.1, 0.15) is 11.1 Å². The number of aryl methyl sites for hydroxylation is 2. The fraction of sp³-hybridized carbons (Fsp3) is 0.348. The zero-order valence-corrected chi connectivity index (χ0v) is 18.7. The van der Waals surface area contributed by atoms with Crippen LogP contribution in [-0.2, 0) is 14.4 Å². The Kier molecular flexibility index (Phi) is 8.57. The van der Waals surface area contributed by atoms with Gasteiger partial charge in [-0.05, 0) is 49.2 Å². The Morgan fingerprint density at radius 1 is 0.935 bits per heavy atom. The number of benzene rings is 2. The lowest BCUT2D eigenvalue weighted by molar-refractivity contribution is -0.862. The van der Waals surface area contributed by atoms with Crippen LogP contribution in [0.25, 0.3) is 0 Å². The van der Waals surface area contributed by atoms with Gasteiger partial charge in [-0.2, -0.15) is 0 Å². The van der Waals surface area contributed by atoms with Crippen molar-refractivity contribution in [3.63, 3.8) is 0 Å². The van der Waals surface area contributed by atoms with E-state index in [0.717, 1.165) is 21.7 Å². The van der Waals surface area contributed by atoms with Gasteiger partial charge in [0.25, 0.3) is 11.8 Å². The summed E-state index contributed by atoms with van der Waals surface area (Å²) >= 11 is 0. The smallest absolute Gasteiger partial charge is 0.279 e. The molecular weight excluding hydrogens is 396 g/mol. The number of nitrogens with zero attached hydrogens (tertiary/aromatic N) is 1. The number of carbonyl (C=O) groups is 3. The van der Waals surface area contributed by atoms with Gasteiger partial charge in [0.1, 0.15) is 5.75 Å². The Labute approximate surface area is 183 Å². The highest BCUT2D eigenvalue weighted by Gasteiger charge is 2.19. The van der Waals surface area contributed by atoms with Crippen molar-refractivity contribution >= 4 is 29.1 Å². The second-order valence-corrected chi connectivity index (χ2v) is 7.65. The number of quaternary nitrogens is 1. The van der Waals surface area contributed by atoms with Crippen LogP contribution < -0.4 is 20.3 Å². The summed E-state index contributed by atoms with van der Waals surface area (Å²) in [6, 6.07) is 12.8. The van der Waals surface area contributed by atoms with E-state index in [9.17, 15) is 14.4 Å². The van der Waals surface area contributed by atoms with Gasteiger partial charge in [-0.15, -0.1) is 0 Å². The van der Waals surface area contributed by atoms with Crippen molar-refractivity contribution in [3.8, 4) is 5.75 Å². The number of methoxy groups -OCH3 is 1. The van der Waals surface area contributed by atoms with Gasteiger partial charge >= 0.3 is 0 Å². The summed E-state index contributed by atoms with van der Waals surface area (Å²) in [4.78, 5) is 39.1. The van der Waals surface area contributed by atoms with Gasteiger partial charge in [0.2, 0.25) is 5.91 Å². The van der Waals surface area contributed by atoms with Gasteiger partial charge in [0, 0.05) is 18.4 Å². The van der Waals surface area contributed by atoms with Crippen LogP contribution in [0, 0.1) is 13.8 Å². The SMILES string of the molecule is COc1ccc(NC(=O)C[NH+](C)CC(=O)N(C)CC(=O)Nc2c(C)cccc2C)cc1. The molecule has 0 aromatic heterocycles. The van der Waals surface area contributed by atoms with E-state index in [2.05, 4.69) is 10.6 Å². The summed E-state index contributed by atoms with van der Waals surface area (Å²) in [7, 11) is 4.92. The molecular formula is C23H31N4O4+. The Hall–Kier alpha value is -3.39. The second kappa shape index (κ2) is 11.1. The van der Waals surface area contributed by atoms with E-state index >= 15 is 0 Å². The first kappa shape index (κ1) is 23.9. The molecule has 0 fully saturated rings. The molecule has 2 rings (SSSR count). The number of hydrogen-bond acceptors (Lipinski definition) is 4. The normalized spacial score (nSPS) is 11.4. The van der Waals surface area contributed by atoms with Gasteiger partial charge < -0.3 is 25.2 Å². The van der Waals surface area contributed by atoms with Crippen LogP contribution in [-0.4, -0.2) is 63.5 Å². The lowest BCUT2D eigenvalue weighted by atomic mass is 10.1. The molecule has 8 nitrogen and oxygen atoms in total. The number of anilines is 2. The molecule has 0 heterocycles. The molecule has 0 aliphatic rings. The van der Waals surface area contributed by atoms with Crippen LogP contribution in [0.4, 0.5) is 11.4 Å². The maximum Gasteiger partial charge on any atom is 0.279 e. The first-order valence-electron chi connectivity index (χ1n) is 10.0. The molecule has 166 valence electrons. The first-order chi connectivity index (χ1) is 14.7. The summed E-state index contributed by atoms with van der Waals surface area (Å²) in [6.45, 7) is 4.01. The highest BCUT2D eigenvalue weighted by atomic mass is 16.5. The molecule has 0 spiro atoms. The van der Waals surface area contributed by atoms with Crippen molar-refractivity contribution in [1.82, 2.24) is 4.90 Å². The molecule has 1 unspecified atom stereocenters. The molecule has 2 aromatic rings. The maximum atomic E-state index is 12.5. The number of amides is 3. The number of hydrogen-bond donors (Lipinski definition) is 3. The number of ether oxygens (including phenoxy) is 1. The van der Waals surface area contributed by atoms with E-state index in [1.54, 1.807) is 45.5 Å². The zero-order chi connectivity index (χ0) is 23.0. The molecule has 1 atom stereocenters. The molecule has 0 bridgehead atoms. The highest BCUT2D eigenvalue weighted by Crippen LogP contribution is 2.19. The molecule has 0 radical (unpaired) electrons. The summed E-state index contributed by atoms with van der Waals surface area (Å²) in [5.41, 5.74) is 3.36. The number of carbonyl (C=O) groups excluding carboxylic acids is 3. The minimum atomic E-state index is -0.261. The van der Waals surface area contributed by atoms with Crippen LogP contribution >= 0.6 is 0 Å². The number of nitrogens with one attached hydrogen (secondary N) is 3. The average Bonchev–Trinajstić information content (AvgIpc) is 2.71. The predicted molar refractivity (Wildman–Crippen MR) is 120 cm³/mol. The summed E-state index contributed by atoms with van der Waals surface area (Å²) in [5.74, 6) is 0.0245. The Balaban J connectivity index is 1.80. The third kappa shape index (κ3) is 7.42. The topological polar surface area (TPSA) is 92.2 Å². The van der Waals surface area contributed by atoms with Crippen molar-refractivity contribution in [2.75, 3.05) is 51.5 Å². The van der Waals surface area contributed by atoms with E-state index in [1.807, 2.05) is 32.0 Å². The zero-order valence-electron chi connectivity index (χ0n) is 18.7. The van der Waals surface area contributed by atoms with Crippen molar-refractivity contribution in [2.45, 2.75) is 13.8 Å².